The number of amides is 2. The molecule has 0 saturated carbocycles. The van der Waals surface area contributed by atoms with Crippen LogP contribution in [0.1, 0.15) is 37.7 Å². The molecular weight excluding hydrogens is 360 g/mol. The SMILES string of the molecule is CC(C)(C)c1cccc(CCOc2ccc(C=C3SC(=O)NC3=O)cc2)n1. The van der Waals surface area contributed by atoms with Gasteiger partial charge in [0.1, 0.15) is 5.75 Å². The lowest BCUT2D eigenvalue weighted by Crippen LogP contribution is -2.17. The largest absolute Gasteiger partial charge is 0.493 e. The molecule has 0 unspecified atom stereocenters. The Morgan fingerprint density at radius 2 is 1.85 bits per heavy atom. The fraction of sp³-hybridized carbons (Fsp3) is 0.286. The zero-order valence-electron chi connectivity index (χ0n) is 15.6. The predicted octanol–water partition coefficient (Wildman–Crippen LogP) is 4.32. The van der Waals surface area contributed by atoms with Gasteiger partial charge in [-0.1, -0.05) is 39.0 Å². The van der Waals surface area contributed by atoms with Gasteiger partial charge in [0.2, 0.25) is 0 Å². The van der Waals surface area contributed by atoms with Gasteiger partial charge in [0.25, 0.3) is 11.1 Å². The number of hydrogen-bond donors (Lipinski definition) is 1. The van der Waals surface area contributed by atoms with E-state index in [0.29, 0.717) is 11.5 Å². The molecule has 140 valence electrons. The van der Waals surface area contributed by atoms with Crippen molar-refractivity contribution in [2.24, 2.45) is 0 Å². The molecular formula is C21H22N2O3S. The highest BCUT2D eigenvalue weighted by Gasteiger charge is 2.24. The third-order valence-electron chi connectivity index (χ3n) is 4.02. The van der Waals surface area contributed by atoms with Gasteiger partial charge in [-0.3, -0.25) is 19.9 Å². The van der Waals surface area contributed by atoms with Crippen LogP contribution in [-0.2, 0) is 16.6 Å². The standard InChI is InChI=1S/C21H22N2O3S/c1-21(2,3)18-6-4-5-15(22-18)11-12-26-16-9-7-14(8-10-16)13-17-19(24)23-20(25)27-17/h4-10,13H,11-12H2,1-3H3,(H,23,24,25). The van der Waals surface area contributed by atoms with Gasteiger partial charge in [-0.2, -0.15) is 0 Å². The minimum Gasteiger partial charge on any atom is -0.493 e. The Morgan fingerprint density at radius 1 is 1.11 bits per heavy atom. The van der Waals surface area contributed by atoms with Crippen LogP contribution in [0.15, 0.2) is 47.4 Å². The predicted molar refractivity (Wildman–Crippen MR) is 108 cm³/mol. The van der Waals surface area contributed by atoms with Crippen molar-refractivity contribution < 1.29 is 14.3 Å². The number of aromatic nitrogens is 1. The summed E-state index contributed by atoms with van der Waals surface area (Å²) in [7, 11) is 0. The second-order valence-electron chi connectivity index (χ2n) is 7.28. The summed E-state index contributed by atoms with van der Waals surface area (Å²) in [5.41, 5.74) is 2.96. The minimum absolute atomic E-state index is 0.0281. The van der Waals surface area contributed by atoms with E-state index in [1.54, 1.807) is 6.08 Å². The first-order valence-corrected chi connectivity index (χ1v) is 9.57. The van der Waals surface area contributed by atoms with Crippen LogP contribution in [0.4, 0.5) is 4.79 Å². The maximum Gasteiger partial charge on any atom is 0.290 e. The lowest BCUT2D eigenvalue weighted by atomic mass is 9.91. The number of ether oxygens (including phenoxy) is 1. The molecule has 1 aliphatic rings. The smallest absolute Gasteiger partial charge is 0.290 e. The lowest BCUT2D eigenvalue weighted by Gasteiger charge is -2.18. The van der Waals surface area contributed by atoms with E-state index in [1.165, 1.54) is 0 Å². The highest BCUT2D eigenvalue weighted by atomic mass is 32.2. The molecule has 1 N–H and O–H groups in total. The molecule has 0 aliphatic carbocycles. The van der Waals surface area contributed by atoms with E-state index < -0.39 is 0 Å². The molecule has 2 heterocycles. The summed E-state index contributed by atoms with van der Waals surface area (Å²) in [4.78, 5) is 27.9. The average molecular weight is 382 g/mol. The number of rotatable bonds is 5. The Labute approximate surface area is 163 Å². The van der Waals surface area contributed by atoms with Gasteiger partial charge in [-0.05, 0) is 47.7 Å². The van der Waals surface area contributed by atoms with E-state index in [2.05, 4.69) is 26.1 Å². The number of pyridine rings is 1. The molecule has 0 atom stereocenters. The van der Waals surface area contributed by atoms with Gasteiger partial charge >= 0.3 is 0 Å². The summed E-state index contributed by atoms with van der Waals surface area (Å²) in [5.74, 6) is 0.402. The van der Waals surface area contributed by atoms with Gasteiger partial charge in [0, 0.05) is 23.2 Å². The first-order valence-electron chi connectivity index (χ1n) is 8.75. The quantitative estimate of drug-likeness (QED) is 0.780. The number of carbonyl (C=O) groups is 2. The van der Waals surface area contributed by atoms with Crippen LogP contribution in [0, 0.1) is 0 Å². The molecule has 1 aliphatic heterocycles. The van der Waals surface area contributed by atoms with Gasteiger partial charge < -0.3 is 4.74 Å². The van der Waals surface area contributed by atoms with Gasteiger partial charge in [0.15, 0.2) is 0 Å². The van der Waals surface area contributed by atoms with Crippen LogP contribution >= 0.6 is 11.8 Å². The van der Waals surface area contributed by atoms with Crippen LogP contribution in [-0.4, -0.2) is 22.7 Å². The molecule has 1 fully saturated rings. The summed E-state index contributed by atoms with van der Waals surface area (Å²) in [6, 6.07) is 13.5. The topological polar surface area (TPSA) is 68.3 Å². The number of nitrogens with zero attached hydrogens (tertiary/aromatic N) is 1. The first-order chi connectivity index (χ1) is 12.8. The highest BCUT2D eigenvalue weighted by Crippen LogP contribution is 2.26. The summed E-state index contributed by atoms with van der Waals surface area (Å²) in [5, 5.41) is 1.90. The zero-order chi connectivity index (χ0) is 19.4. The molecule has 6 heteroatoms. The van der Waals surface area contributed by atoms with Crippen molar-refractivity contribution >= 4 is 29.0 Å². The Balaban J connectivity index is 1.56. The van der Waals surface area contributed by atoms with Crippen molar-refractivity contribution in [2.45, 2.75) is 32.6 Å². The zero-order valence-corrected chi connectivity index (χ0v) is 16.4. The average Bonchev–Trinajstić information content (AvgIpc) is 2.93. The van der Waals surface area contributed by atoms with Crippen LogP contribution in [0.3, 0.4) is 0 Å². The Hall–Kier alpha value is -2.60. The van der Waals surface area contributed by atoms with Gasteiger partial charge in [-0.25, -0.2) is 0 Å². The molecule has 3 rings (SSSR count). The molecule has 2 aromatic rings. The number of imide groups is 1. The van der Waals surface area contributed by atoms with Crippen LogP contribution in [0.25, 0.3) is 6.08 Å². The molecule has 0 bridgehead atoms. The molecule has 2 amide bonds. The summed E-state index contributed by atoms with van der Waals surface area (Å²) in [6.07, 6.45) is 2.42. The van der Waals surface area contributed by atoms with E-state index in [9.17, 15) is 9.59 Å². The van der Waals surface area contributed by atoms with Crippen LogP contribution in [0.2, 0.25) is 0 Å². The molecule has 0 spiro atoms. The second kappa shape index (κ2) is 7.96. The van der Waals surface area contributed by atoms with E-state index in [0.717, 1.165) is 40.9 Å². The van der Waals surface area contributed by atoms with Crippen LogP contribution in [0.5, 0.6) is 5.75 Å². The van der Waals surface area contributed by atoms with Gasteiger partial charge in [0.05, 0.1) is 11.5 Å². The van der Waals surface area contributed by atoms with E-state index in [4.69, 9.17) is 9.72 Å². The van der Waals surface area contributed by atoms with Crippen molar-refractivity contribution in [3.8, 4) is 5.75 Å². The number of carbonyl (C=O) groups excluding carboxylic acids is 2. The van der Waals surface area contributed by atoms with Crippen molar-refractivity contribution in [1.82, 2.24) is 10.3 Å². The van der Waals surface area contributed by atoms with Crippen molar-refractivity contribution in [3.05, 3.63) is 64.3 Å². The number of hydrogen-bond acceptors (Lipinski definition) is 5. The molecule has 5 nitrogen and oxygen atoms in total. The lowest BCUT2D eigenvalue weighted by molar-refractivity contribution is -0.115. The maximum absolute atomic E-state index is 11.6. The Kier molecular flexibility index (Phi) is 5.65. The summed E-state index contributed by atoms with van der Waals surface area (Å²) < 4.78 is 5.80. The van der Waals surface area contributed by atoms with E-state index in [1.807, 2.05) is 42.5 Å². The number of nitrogens with one attached hydrogen (secondary N) is 1. The fourth-order valence-electron chi connectivity index (χ4n) is 2.54. The molecule has 1 aromatic carbocycles. The minimum atomic E-state index is -0.352. The van der Waals surface area contributed by atoms with Crippen molar-refractivity contribution in [3.63, 3.8) is 0 Å². The molecule has 0 radical (unpaired) electrons. The summed E-state index contributed by atoms with van der Waals surface area (Å²) >= 11 is 0.910. The highest BCUT2D eigenvalue weighted by molar-refractivity contribution is 8.18. The number of thioether (sulfide) groups is 1. The third-order valence-corrected chi connectivity index (χ3v) is 4.83. The molecule has 27 heavy (non-hydrogen) atoms. The molecule has 1 aromatic heterocycles. The molecule has 1 saturated heterocycles. The van der Waals surface area contributed by atoms with E-state index >= 15 is 0 Å². The number of benzene rings is 1. The van der Waals surface area contributed by atoms with Crippen molar-refractivity contribution in [2.75, 3.05) is 6.61 Å². The maximum atomic E-state index is 11.6. The monoisotopic (exact) mass is 382 g/mol. The van der Waals surface area contributed by atoms with Gasteiger partial charge in [-0.15, -0.1) is 0 Å². The Bertz CT molecular complexity index is 883. The Morgan fingerprint density at radius 3 is 2.48 bits per heavy atom. The normalized spacial score (nSPS) is 15.9. The van der Waals surface area contributed by atoms with Crippen molar-refractivity contribution in [1.29, 1.82) is 0 Å². The van der Waals surface area contributed by atoms with Crippen LogP contribution < -0.4 is 10.1 Å². The van der Waals surface area contributed by atoms with E-state index in [-0.39, 0.29) is 16.6 Å². The summed E-state index contributed by atoms with van der Waals surface area (Å²) in [6.45, 7) is 6.98. The third kappa shape index (κ3) is 5.20. The second-order valence-corrected chi connectivity index (χ2v) is 8.30. The fourth-order valence-corrected chi connectivity index (χ4v) is 3.22. The first kappa shape index (κ1) is 19.2.